The SMILES string of the molecule is C1=Cc2cccc(CCc3ccccc3)c2C1.CC.CC. The van der Waals surface area contributed by atoms with Gasteiger partial charge in [-0.3, -0.25) is 0 Å². The van der Waals surface area contributed by atoms with Crippen LogP contribution in [0.3, 0.4) is 0 Å². The van der Waals surface area contributed by atoms with Gasteiger partial charge in [-0.05, 0) is 41.5 Å². The second-order valence-corrected chi connectivity index (χ2v) is 4.58. The van der Waals surface area contributed by atoms with Crippen LogP contribution in [0.5, 0.6) is 0 Å². The molecule has 0 N–H and O–H groups in total. The summed E-state index contributed by atoms with van der Waals surface area (Å²) in [5.74, 6) is 0. The number of rotatable bonds is 3. The molecule has 0 aliphatic heterocycles. The van der Waals surface area contributed by atoms with E-state index in [-0.39, 0.29) is 0 Å². The van der Waals surface area contributed by atoms with Crippen molar-refractivity contribution in [2.45, 2.75) is 47.0 Å². The van der Waals surface area contributed by atoms with Gasteiger partial charge in [0.25, 0.3) is 0 Å². The molecule has 0 unspecified atom stereocenters. The van der Waals surface area contributed by atoms with Gasteiger partial charge in [0.1, 0.15) is 0 Å². The van der Waals surface area contributed by atoms with Crippen molar-refractivity contribution in [3.8, 4) is 0 Å². The lowest BCUT2D eigenvalue weighted by Gasteiger charge is -2.08. The first-order valence-corrected chi connectivity index (χ1v) is 8.25. The van der Waals surface area contributed by atoms with Gasteiger partial charge in [0.2, 0.25) is 0 Å². The second kappa shape index (κ2) is 9.99. The minimum absolute atomic E-state index is 1.11. The Hall–Kier alpha value is -1.82. The van der Waals surface area contributed by atoms with Crippen molar-refractivity contribution in [3.05, 3.63) is 76.9 Å². The van der Waals surface area contributed by atoms with Crippen molar-refractivity contribution in [3.63, 3.8) is 0 Å². The van der Waals surface area contributed by atoms with Gasteiger partial charge in [0, 0.05) is 0 Å². The van der Waals surface area contributed by atoms with E-state index in [1.165, 1.54) is 22.3 Å². The Balaban J connectivity index is 0.000000510. The molecule has 3 rings (SSSR count). The highest BCUT2D eigenvalue weighted by Gasteiger charge is 2.09. The van der Waals surface area contributed by atoms with E-state index in [1.807, 2.05) is 27.7 Å². The predicted octanol–water partition coefficient (Wildman–Crippen LogP) is 6.09. The second-order valence-electron chi connectivity index (χ2n) is 4.58. The van der Waals surface area contributed by atoms with Gasteiger partial charge in [-0.25, -0.2) is 0 Å². The van der Waals surface area contributed by atoms with Crippen LogP contribution in [0, 0.1) is 0 Å². The third-order valence-corrected chi connectivity index (χ3v) is 3.45. The average Bonchev–Trinajstić information content (AvgIpc) is 3.07. The molecule has 1 aliphatic rings. The minimum Gasteiger partial charge on any atom is -0.0795 e. The summed E-state index contributed by atoms with van der Waals surface area (Å²) in [5, 5.41) is 0. The largest absolute Gasteiger partial charge is 0.0795 e. The summed E-state index contributed by atoms with van der Waals surface area (Å²) in [7, 11) is 0. The molecular formula is C21H28. The van der Waals surface area contributed by atoms with Crippen molar-refractivity contribution in [2.75, 3.05) is 0 Å². The molecule has 0 saturated heterocycles. The summed E-state index contributed by atoms with van der Waals surface area (Å²) in [4.78, 5) is 0. The molecule has 0 heteroatoms. The molecule has 0 spiro atoms. The van der Waals surface area contributed by atoms with E-state index in [1.54, 1.807) is 0 Å². The van der Waals surface area contributed by atoms with Gasteiger partial charge in [-0.1, -0.05) is 88.4 Å². The summed E-state index contributed by atoms with van der Waals surface area (Å²) in [5.41, 5.74) is 5.88. The van der Waals surface area contributed by atoms with Crippen LogP contribution >= 0.6 is 0 Å². The summed E-state index contributed by atoms with van der Waals surface area (Å²) >= 11 is 0. The molecule has 0 radical (unpaired) electrons. The fraction of sp³-hybridized carbons (Fsp3) is 0.333. The van der Waals surface area contributed by atoms with Gasteiger partial charge in [0.05, 0.1) is 0 Å². The van der Waals surface area contributed by atoms with Crippen LogP contribution < -0.4 is 0 Å². The lowest BCUT2D eigenvalue weighted by atomic mass is 9.97. The molecule has 0 bridgehead atoms. The van der Waals surface area contributed by atoms with E-state index in [0.29, 0.717) is 0 Å². The molecular weight excluding hydrogens is 252 g/mol. The van der Waals surface area contributed by atoms with E-state index >= 15 is 0 Å². The van der Waals surface area contributed by atoms with Crippen molar-refractivity contribution < 1.29 is 0 Å². The Morgan fingerprint density at radius 3 is 2.19 bits per heavy atom. The lowest BCUT2D eigenvalue weighted by molar-refractivity contribution is 0.943. The third kappa shape index (κ3) is 4.90. The Labute approximate surface area is 130 Å². The minimum atomic E-state index is 1.11. The van der Waals surface area contributed by atoms with E-state index in [2.05, 4.69) is 60.7 Å². The van der Waals surface area contributed by atoms with Gasteiger partial charge in [-0.15, -0.1) is 0 Å². The number of hydrogen-bond acceptors (Lipinski definition) is 0. The summed E-state index contributed by atoms with van der Waals surface area (Å²) in [6.45, 7) is 8.00. The predicted molar refractivity (Wildman–Crippen MR) is 95.7 cm³/mol. The number of fused-ring (bicyclic) bond motifs is 1. The smallest absolute Gasteiger partial charge is 0.00854 e. The summed E-state index contributed by atoms with van der Waals surface area (Å²) < 4.78 is 0. The molecule has 112 valence electrons. The van der Waals surface area contributed by atoms with Crippen molar-refractivity contribution in [2.24, 2.45) is 0 Å². The van der Waals surface area contributed by atoms with Crippen molar-refractivity contribution in [1.82, 2.24) is 0 Å². The standard InChI is InChI=1S/C17H16.2C2H6/c1-2-6-14(7-3-1)12-13-16-9-4-8-15-10-5-11-17(15)16;2*1-2/h1-10H,11-13H2;2*1-2H3. The first-order chi connectivity index (χ1) is 10.4. The fourth-order valence-corrected chi connectivity index (χ4v) is 2.52. The monoisotopic (exact) mass is 280 g/mol. The van der Waals surface area contributed by atoms with Gasteiger partial charge >= 0.3 is 0 Å². The highest BCUT2D eigenvalue weighted by molar-refractivity contribution is 5.61. The maximum absolute atomic E-state index is 2.27. The van der Waals surface area contributed by atoms with Crippen LogP contribution in [0.2, 0.25) is 0 Å². The average molecular weight is 280 g/mol. The molecule has 0 aromatic heterocycles. The molecule has 0 saturated carbocycles. The third-order valence-electron chi connectivity index (χ3n) is 3.45. The molecule has 0 amide bonds. The number of benzene rings is 2. The summed E-state index contributed by atoms with van der Waals surface area (Å²) in [6, 6.07) is 17.4. The Morgan fingerprint density at radius 2 is 1.48 bits per heavy atom. The molecule has 21 heavy (non-hydrogen) atoms. The van der Waals surface area contributed by atoms with Crippen LogP contribution in [0.15, 0.2) is 54.6 Å². The van der Waals surface area contributed by atoms with Crippen LogP contribution in [0.1, 0.15) is 49.9 Å². The molecule has 2 aromatic rings. The van der Waals surface area contributed by atoms with Crippen molar-refractivity contribution in [1.29, 1.82) is 0 Å². The van der Waals surface area contributed by atoms with Crippen LogP contribution in [-0.2, 0) is 19.3 Å². The highest BCUT2D eigenvalue weighted by atomic mass is 14.1. The van der Waals surface area contributed by atoms with Crippen LogP contribution in [-0.4, -0.2) is 0 Å². The number of hydrogen-bond donors (Lipinski definition) is 0. The van der Waals surface area contributed by atoms with Gasteiger partial charge in [0.15, 0.2) is 0 Å². The molecule has 0 nitrogen and oxygen atoms in total. The maximum Gasteiger partial charge on any atom is -0.00854 e. The van der Waals surface area contributed by atoms with Gasteiger partial charge in [-0.2, -0.15) is 0 Å². The number of aryl methyl sites for hydroxylation is 2. The maximum atomic E-state index is 2.27. The Morgan fingerprint density at radius 1 is 0.762 bits per heavy atom. The molecule has 0 fully saturated rings. The Bertz CT molecular complexity index is 535. The molecule has 2 aromatic carbocycles. The molecule has 1 aliphatic carbocycles. The zero-order chi connectivity index (χ0) is 15.5. The first kappa shape index (κ1) is 17.2. The normalized spacial score (nSPS) is 10.9. The van der Waals surface area contributed by atoms with E-state index < -0.39 is 0 Å². The van der Waals surface area contributed by atoms with E-state index in [4.69, 9.17) is 0 Å². The molecule has 0 atom stereocenters. The zero-order valence-corrected chi connectivity index (χ0v) is 13.9. The topological polar surface area (TPSA) is 0 Å². The summed E-state index contributed by atoms with van der Waals surface area (Å²) in [6.07, 6.45) is 7.89. The zero-order valence-electron chi connectivity index (χ0n) is 13.9. The molecule has 0 heterocycles. The number of allylic oxidation sites excluding steroid dienone is 1. The first-order valence-electron chi connectivity index (χ1n) is 8.25. The highest BCUT2D eigenvalue weighted by Crippen LogP contribution is 2.24. The van der Waals surface area contributed by atoms with Crippen LogP contribution in [0.25, 0.3) is 6.08 Å². The lowest BCUT2D eigenvalue weighted by Crippen LogP contribution is -1.96. The van der Waals surface area contributed by atoms with Crippen molar-refractivity contribution >= 4 is 6.08 Å². The Kier molecular flexibility index (Phi) is 8.19. The van der Waals surface area contributed by atoms with E-state index in [9.17, 15) is 0 Å². The quantitative estimate of drug-likeness (QED) is 0.638. The van der Waals surface area contributed by atoms with Gasteiger partial charge < -0.3 is 0 Å². The fourth-order valence-electron chi connectivity index (χ4n) is 2.52. The van der Waals surface area contributed by atoms with E-state index in [0.717, 1.165) is 19.3 Å². The van der Waals surface area contributed by atoms with Crippen LogP contribution in [0.4, 0.5) is 0 Å².